The molecule has 6 rings (SSSR count). The fourth-order valence-electron chi connectivity index (χ4n) is 8.03. The van der Waals surface area contributed by atoms with E-state index in [4.69, 9.17) is 9.97 Å². The summed E-state index contributed by atoms with van der Waals surface area (Å²) in [7, 11) is 0. The quantitative estimate of drug-likeness (QED) is 0.210. The average Bonchev–Trinajstić information content (AvgIpc) is 3.84. The zero-order valence-corrected chi connectivity index (χ0v) is 31.4. The minimum absolute atomic E-state index is 0.109. The lowest BCUT2D eigenvalue weighted by molar-refractivity contribution is -0.141. The first kappa shape index (κ1) is 36.8. The summed E-state index contributed by atoms with van der Waals surface area (Å²) in [6.45, 7) is 8.99. The van der Waals surface area contributed by atoms with Gasteiger partial charge >= 0.3 is 5.97 Å². The van der Waals surface area contributed by atoms with E-state index in [1.54, 1.807) is 6.07 Å². The van der Waals surface area contributed by atoms with Gasteiger partial charge in [-0.15, -0.1) is 11.3 Å². The average molecular weight is 709 g/mol. The third-order valence-electron chi connectivity index (χ3n) is 11.2. The van der Waals surface area contributed by atoms with Crippen LogP contribution in [0.15, 0.2) is 59.9 Å². The number of likely N-dealkylation sites (tertiary alicyclic amines) is 1. The van der Waals surface area contributed by atoms with Crippen LogP contribution < -0.4 is 0 Å². The lowest BCUT2D eigenvalue weighted by atomic mass is 9.70. The van der Waals surface area contributed by atoms with Crippen LogP contribution in [0.3, 0.4) is 0 Å². The number of carbonyl (C=O) groups is 3. The Morgan fingerprint density at radius 3 is 2.24 bits per heavy atom. The molecular weight excluding hydrogens is 657 g/mol. The fourth-order valence-corrected chi connectivity index (χ4v) is 8.98. The van der Waals surface area contributed by atoms with E-state index in [2.05, 4.69) is 38.8 Å². The van der Waals surface area contributed by atoms with Gasteiger partial charge in [-0.2, -0.15) is 0 Å². The lowest BCUT2D eigenvalue weighted by Gasteiger charge is -2.35. The second-order valence-electron chi connectivity index (χ2n) is 15.9. The van der Waals surface area contributed by atoms with Crippen molar-refractivity contribution in [1.82, 2.24) is 14.9 Å². The Kier molecular flexibility index (Phi) is 11.6. The SMILES string of the molecule is CCCC1CCC(C2CC=C(c3cnc(-c4ccc(CC(=NC(=O)c5ccc(C(C)(C)C)s5)C(=O)N5CCC(C(=O)O)C5)cc4)nc3)CC2)CC1. The molecule has 1 saturated heterocycles. The maximum Gasteiger partial charge on any atom is 0.308 e. The monoisotopic (exact) mass is 708 g/mol. The highest BCUT2D eigenvalue weighted by Crippen LogP contribution is 2.42. The summed E-state index contributed by atoms with van der Waals surface area (Å²) in [5.74, 6) is 0.878. The zero-order valence-electron chi connectivity index (χ0n) is 30.6. The molecule has 9 heteroatoms. The van der Waals surface area contributed by atoms with Crippen LogP contribution >= 0.6 is 11.3 Å². The van der Waals surface area contributed by atoms with Crippen LogP contribution in [0.25, 0.3) is 17.0 Å². The van der Waals surface area contributed by atoms with Gasteiger partial charge in [0.2, 0.25) is 0 Å². The molecule has 8 nitrogen and oxygen atoms in total. The van der Waals surface area contributed by atoms with Crippen molar-refractivity contribution in [1.29, 1.82) is 0 Å². The van der Waals surface area contributed by atoms with Crippen molar-refractivity contribution in [2.24, 2.45) is 28.7 Å². The van der Waals surface area contributed by atoms with E-state index in [9.17, 15) is 19.5 Å². The van der Waals surface area contributed by atoms with E-state index >= 15 is 0 Å². The molecule has 0 bridgehead atoms. The molecule has 1 N–H and O–H groups in total. The van der Waals surface area contributed by atoms with Gasteiger partial charge in [0.25, 0.3) is 11.8 Å². The molecule has 3 aliphatic rings. The summed E-state index contributed by atoms with van der Waals surface area (Å²) in [6, 6.07) is 11.4. The van der Waals surface area contributed by atoms with Gasteiger partial charge in [0, 0.05) is 47.9 Å². The van der Waals surface area contributed by atoms with Crippen molar-refractivity contribution in [3.63, 3.8) is 0 Å². The fraction of sp³-hybridized carbons (Fsp3) is 0.524. The highest BCUT2D eigenvalue weighted by Gasteiger charge is 2.33. The summed E-state index contributed by atoms with van der Waals surface area (Å²) < 4.78 is 0. The molecule has 2 aliphatic carbocycles. The van der Waals surface area contributed by atoms with Crippen molar-refractivity contribution in [3.8, 4) is 11.4 Å². The molecule has 270 valence electrons. The van der Waals surface area contributed by atoms with Crippen LogP contribution in [-0.2, 0) is 21.4 Å². The zero-order chi connectivity index (χ0) is 36.1. The first-order valence-electron chi connectivity index (χ1n) is 18.8. The van der Waals surface area contributed by atoms with Gasteiger partial charge in [-0.05, 0) is 85.0 Å². The number of nitrogens with zero attached hydrogens (tertiary/aromatic N) is 4. The largest absolute Gasteiger partial charge is 0.481 e. The van der Waals surface area contributed by atoms with Crippen LogP contribution in [0.2, 0.25) is 0 Å². The molecule has 2 fully saturated rings. The summed E-state index contributed by atoms with van der Waals surface area (Å²) in [6.07, 6.45) is 18.6. The van der Waals surface area contributed by atoms with E-state index in [0.717, 1.165) is 52.2 Å². The Labute approximate surface area is 306 Å². The van der Waals surface area contributed by atoms with Crippen LogP contribution in [0.1, 0.15) is 118 Å². The number of thiophene rings is 1. The number of hydrogen-bond donors (Lipinski definition) is 1. The number of aromatic nitrogens is 2. The summed E-state index contributed by atoms with van der Waals surface area (Å²) >= 11 is 1.38. The van der Waals surface area contributed by atoms with Gasteiger partial charge < -0.3 is 10.0 Å². The molecule has 1 saturated carbocycles. The Hall–Kier alpha value is -3.98. The van der Waals surface area contributed by atoms with Gasteiger partial charge in [-0.25, -0.2) is 15.0 Å². The first-order valence-corrected chi connectivity index (χ1v) is 19.6. The minimum Gasteiger partial charge on any atom is -0.481 e. The number of carboxylic acid groups (broad SMARTS) is 1. The molecule has 2 unspecified atom stereocenters. The van der Waals surface area contributed by atoms with Gasteiger partial charge in [0.1, 0.15) is 5.71 Å². The van der Waals surface area contributed by atoms with Crippen molar-refractivity contribution < 1.29 is 19.5 Å². The number of hydrogen-bond acceptors (Lipinski definition) is 6. The van der Waals surface area contributed by atoms with E-state index in [-0.39, 0.29) is 24.1 Å². The smallest absolute Gasteiger partial charge is 0.308 e. The Morgan fingerprint density at radius 1 is 0.922 bits per heavy atom. The molecule has 51 heavy (non-hydrogen) atoms. The lowest BCUT2D eigenvalue weighted by Crippen LogP contribution is -2.37. The Morgan fingerprint density at radius 2 is 1.65 bits per heavy atom. The second kappa shape index (κ2) is 16.1. The predicted molar refractivity (Wildman–Crippen MR) is 204 cm³/mol. The number of benzene rings is 1. The normalized spacial score (nSPS) is 22.9. The number of aliphatic carboxylic acids is 1. The summed E-state index contributed by atoms with van der Waals surface area (Å²) in [5.41, 5.74) is 4.12. The Bertz CT molecular complexity index is 1760. The number of carboxylic acids is 1. The number of rotatable bonds is 10. The predicted octanol–water partition coefficient (Wildman–Crippen LogP) is 9.05. The van der Waals surface area contributed by atoms with Gasteiger partial charge in [-0.3, -0.25) is 14.4 Å². The molecule has 1 aliphatic heterocycles. The molecule has 0 radical (unpaired) electrons. The third kappa shape index (κ3) is 9.09. The van der Waals surface area contributed by atoms with Gasteiger partial charge in [0.15, 0.2) is 5.82 Å². The van der Waals surface area contributed by atoms with Crippen LogP contribution in [-0.4, -0.2) is 56.6 Å². The van der Waals surface area contributed by atoms with Gasteiger partial charge in [-0.1, -0.05) is 83.7 Å². The first-order chi connectivity index (χ1) is 24.5. The molecule has 2 atom stereocenters. The summed E-state index contributed by atoms with van der Waals surface area (Å²) in [5, 5.41) is 9.49. The maximum absolute atomic E-state index is 13.7. The number of allylic oxidation sites excluding steroid dienone is 2. The van der Waals surface area contributed by atoms with Crippen molar-refractivity contribution in [2.75, 3.05) is 13.1 Å². The van der Waals surface area contributed by atoms with E-state index in [1.807, 2.05) is 42.7 Å². The van der Waals surface area contributed by atoms with Crippen LogP contribution in [0.4, 0.5) is 0 Å². The maximum atomic E-state index is 13.7. The van der Waals surface area contributed by atoms with Crippen molar-refractivity contribution in [3.05, 3.63) is 75.7 Å². The minimum atomic E-state index is -0.918. The van der Waals surface area contributed by atoms with Crippen molar-refractivity contribution in [2.45, 2.75) is 104 Å². The van der Waals surface area contributed by atoms with E-state index in [1.165, 1.54) is 66.8 Å². The summed E-state index contributed by atoms with van der Waals surface area (Å²) in [4.78, 5) is 55.4. The van der Waals surface area contributed by atoms with Crippen LogP contribution in [0, 0.1) is 23.7 Å². The number of carbonyl (C=O) groups excluding carboxylic acids is 2. The molecule has 3 aromatic rings. The molecular formula is C42H52N4O4S. The molecule has 3 heterocycles. The number of amides is 2. The highest BCUT2D eigenvalue weighted by molar-refractivity contribution is 7.14. The van der Waals surface area contributed by atoms with E-state index < -0.39 is 23.7 Å². The third-order valence-corrected chi connectivity index (χ3v) is 12.7. The molecule has 0 spiro atoms. The molecule has 2 aromatic heterocycles. The second-order valence-corrected chi connectivity index (χ2v) is 16.9. The topological polar surface area (TPSA) is 113 Å². The molecule has 1 aromatic carbocycles. The number of aliphatic imine (C=N–C) groups is 1. The van der Waals surface area contributed by atoms with E-state index in [0.29, 0.717) is 23.7 Å². The van der Waals surface area contributed by atoms with Gasteiger partial charge in [0.05, 0.1) is 10.8 Å². The Balaban J connectivity index is 1.12. The van der Waals surface area contributed by atoms with Crippen LogP contribution in [0.5, 0.6) is 0 Å². The highest BCUT2D eigenvalue weighted by atomic mass is 32.1. The molecule has 2 amide bonds. The van der Waals surface area contributed by atoms with Crippen molar-refractivity contribution >= 4 is 40.4 Å². The standard InChI is InChI=1S/C42H52N4O4S/c1-5-6-27-7-11-29(12-8-27)30-15-17-31(18-16-30)34-24-43-38(44-25-34)32-13-9-28(10-14-32)23-35(40(48)46-22-21-33(26-46)41(49)50)45-39(47)36-19-20-37(51-36)42(2,3)4/h9-10,13-14,17,19-20,24-25,27,29-30,33H,5-8,11-12,15-16,18,21-23,26H2,1-4H3,(H,49,50).